The molecule has 30 aliphatic rings. The van der Waals surface area contributed by atoms with Crippen LogP contribution in [0.3, 0.4) is 0 Å². The van der Waals surface area contributed by atoms with Crippen LogP contribution in [0.15, 0.2) is 0 Å². The Morgan fingerprint density at radius 2 is 0.325 bits per heavy atom. The van der Waals surface area contributed by atoms with E-state index in [4.69, 9.17) is 189 Å². The minimum Gasteiger partial charge on any atom is -0.462 e. The number of ether oxygens (including phenoxy) is 40. The molecule has 40 atom stereocenters. The maximum absolute atomic E-state index is 13.6. The molecule has 16 bridgehead atoms. The predicted molar refractivity (Wildman–Crippen MR) is 394 cm³/mol. The first-order valence-corrected chi connectivity index (χ1v) is 38.9. The Labute approximate surface area is 685 Å². The molecule has 30 heterocycles. The first-order chi connectivity index (χ1) is 56.7. The number of carbonyl (C=O) groups is 1. The molecule has 0 unspecified atom stereocenters. The van der Waals surface area contributed by atoms with Crippen LogP contribution in [-0.2, 0) is 194 Å². The van der Waals surface area contributed by atoms with Crippen molar-refractivity contribution < 1.29 is 194 Å². The number of esters is 1. The minimum absolute atomic E-state index is 0.0693. The van der Waals surface area contributed by atoms with Crippen molar-refractivity contribution in [3.05, 3.63) is 0 Å². The number of hydrogen-bond donors (Lipinski definition) is 0. The van der Waals surface area contributed by atoms with Gasteiger partial charge in [-0.3, -0.25) is 9.69 Å². The van der Waals surface area contributed by atoms with Gasteiger partial charge < -0.3 is 189 Å². The lowest BCUT2D eigenvalue weighted by atomic mass is 9.94. The maximum atomic E-state index is 13.6. The molecule has 0 aromatic carbocycles. The number of nitrogens with zero attached hydrogens (tertiary/aromatic N) is 1. The van der Waals surface area contributed by atoms with E-state index in [1.54, 1.807) is 19.0 Å². The van der Waals surface area contributed by atoms with Gasteiger partial charge in [-0.25, -0.2) is 0 Å². The molecule has 0 aromatic heterocycles. The van der Waals surface area contributed by atoms with Gasteiger partial charge in [-0.2, -0.15) is 0 Å². The molecule has 0 aromatic rings. The van der Waals surface area contributed by atoms with E-state index in [2.05, 4.69) is 0 Å². The van der Waals surface area contributed by atoms with Crippen LogP contribution in [0, 0.1) is 0 Å². The second kappa shape index (κ2) is 48.5. The molecule has 0 N–H and O–H groups in total. The average Bonchev–Trinajstić information content (AvgIpc) is 0.762. The molecule has 30 saturated heterocycles. The Morgan fingerprint density at radius 1 is 0.197 bits per heavy atom. The lowest BCUT2D eigenvalue weighted by Gasteiger charge is -2.53. The normalized spacial score (nSPS) is 44.6. The van der Waals surface area contributed by atoms with E-state index in [0.717, 1.165) is 0 Å². The van der Waals surface area contributed by atoms with Crippen LogP contribution in [0.1, 0.15) is 0 Å². The van der Waals surface area contributed by atoms with E-state index in [1.165, 1.54) is 164 Å². The van der Waals surface area contributed by atoms with Gasteiger partial charge in [0.05, 0.1) is 52.8 Å². The zero-order valence-corrected chi connectivity index (χ0v) is 72.1. The summed E-state index contributed by atoms with van der Waals surface area (Å²) in [6.45, 7) is -1.11. The van der Waals surface area contributed by atoms with E-state index in [1.807, 2.05) is 0 Å². The van der Waals surface area contributed by atoms with Crippen molar-refractivity contribution in [2.45, 2.75) is 246 Å². The molecule has 0 radical (unpaired) electrons. The summed E-state index contributed by atoms with van der Waals surface area (Å²) in [6.07, 6.45) is -44.3. The van der Waals surface area contributed by atoms with Crippen LogP contribution in [0.5, 0.6) is 0 Å². The largest absolute Gasteiger partial charge is 0.462 e. The molecule has 0 aliphatic carbocycles. The van der Waals surface area contributed by atoms with Gasteiger partial charge in [0, 0.05) is 164 Å². The molecule has 0 amide bonds. The molecular formula is C75H133NO41. The van der Waals surface area contributed by atoms with Gasteiger partial charge >= 0.3 is 5.97 Å². The summed E-state index contributed by atoms with van der Waals surface area (Å²) in [5.41, 5.74) is 0. The third-order valence-corrected chi connectivity index (χ3v) is 22.6. The Hall–Kier alpha value is -2.13. The van der Waals surface area contributed by atoms with Crippen molar-refractivity contribution in [2.24, 2.45) is 0 Å². The van der Waals surface area contributed by atoms with E-state index in [-0.39, 0.29) is 52.8 Å². The van der Waals surface area contributed by atoms with Gasteiger partial charge in [0.15, 0.2) is 50.3 Å². The van der Waals surface area contributed by atoms with Crippen LogP contribution >= 0.6 is 0 Å². The van der Waals surface area contributed by atoms with Crippen LogP contribution in [0.25, 0.3) is 0 Å². The number of carbonyl (C=O) groups excluding carboxylic acids is 1. The fourth-order valence-electron chi connectivity index (χ4n) is 17.3. The van der Waals surface area contributed by atoms with Gasteiger partial charge in [0.1, 0.15) is 202 Å². The topological polar surface area (TPSA) is 390 Å². The van der Waals surface area contributed by atoms with E-state index >= 15 is 0 Å². The monoisotopic (exact) mass is 1700 g/mol. The summed E-state index contributed by atoms with van der Waals surface area (Å²) >= 11 is 0. The Morgan fingerprint density at radius 3 is 0.436 bits per heavy atom. The van der Waals surface area contributed by atoms with Gasteiger partial charge in [-0.1, -0.05) is 0 Å². The Balaban J connectivity index is 1.14. The van der Waals surface area contributed by atoms with Gasteiger partial charge in [-0.15, -0.1) is 0 Å². The number of hydrogen-bond acceptors (Lipinski definition) is 42. The summed E-state index contributed by atoms with van der Waals surface area (Å²) in [5, 5.41) is 0. The average molecular weight is 1700 g/mol. The van der Waals surface area contributed by atoms with Crippen molar-refractivity contribution in [1.29, 1.82) is 0 Å². The zero-order chi connectivity index (χ0) is 84.9. The Bertz CT molecular complexity index is 2710. The molecule has 30 aliphatic heterocycles. The quantitative estimate of drug-likeness (QED) is 0.0614. The maximum Gasteiger partial charge on any atom is 0.320 e. The van der Waals surface area contributed by atoms with Crippen LogP contribution in [-0.4, -0.2) is 494 Å². The summed E-state index contributed by atoms with van der Waals surface area (Å²) < 4.78 is 261. The third-order valence-electron chi connectivity index (χ3n) is 22.6. The third kappa shape index (κ3) is 22.5. The molecule has 42 nitrogen and oxygen atoms in total. The fourth-order valence-corrected chi connectivity index (χ4v) is 17.3. The number of rotatable bonds is 34. The van der Waals surface area contributed by atoms with E-state index < -0.39 is 258 Å². The number of methoxy groups -OCH3 is 23. The lowest BCUT2D eigenvalue weighted by Crippen LogP contribution is -2.70. The lowest BCUT2D eigenvalue weighted by molar-refractivity contribution is -0.409. The van der Waals surface area contributed by atoms with Crippen molar-refractivity contribution in [2.75, 3.05) is 237 Å². The van der Waals surface area contributed by atoms with Crippen molar-refractivity contribution in [1.82, 2.24) is 4.90 Å². The second-order valence-corrected chi connectivity index (χ2v) is 29.5. The SMILES string of the molecule is COC[C@H]1O[C@@H]2O[C@H]3[C@H](OC)[C@@H](OC)[C@@H](O[C@H]4[C@H](OC)[C@@H](OC)[C@@H](O[C@H]5[C@H](OC)[C@@H](OC)[C@@H](O[C@H]6[C@H](OC)[C@@H](OC)[C@@H](O[C@H]7[C@H](OC)[C@@H](OC)[C@@H](O[C@H]8[C@H](OC)[C@@H](OC)[C@@H](O[C@H]9[C@H](OC)[C@@H](OC)[C@@H](O[C@H]1[C@H](OC)[C@H]2OC)O[C@@H]9COC)O[C@@H]8COC)O[C@@H]7COC)O[C@@H]6COC(=O)CN(C)C)O[C@@H]5COC)O[C@@H]4COC)O[C@@H]3COC. The van der Waals surface area contributed by atoms with Gasteiger partial charge in [0.2, 0.25) is 0 Å². The van der Waals surface area contributed by atoms with E-state index in [0.29, 0.717) is 0 Å². The first-order valence-electron chi connectivity index (χ1n) is 38.9. The highest BCUT2D eigenvalue weighted by molar-refractivity contribution is 5.71. The summed E-state index contributed by atoms with van der Waals surface area (Å²) in [6, 6.07) is 0. The van der Waals surface area contributed by atoms with E-state index in [9.17, 15) is 4.79 Å². The predicted octanol–water partition coefficient (Wildman–Crippen LogP) is -2.25. The molecule has 30 rings (SSSR count). The highest BCUT2D eigenvalue weighted by Gasteiger charge is 2.63. The second-order valence-electron chi connectivity index (χ2n) is 29.5. The van der Waals surface area contributed by atoms with Gasteiger partial charge in [-0.05, 0) is 14.1 Å². The molecule has 0 saturated carbocycles. The number of likely N-dealkylation sites (N-methyl/N-ethyl adjacent to an activating group) is 1. The smallest absolute Gasteiger partial charge is 0.320 e. The summed E-state index contributed by atoms with van der Waals surface area (Å²) in [5.74, 6) is -0.588. The minimum atomic E-state index is -1.39. The highest BCUT2D eigenvalue weighted by atomic mass is 16.8. The summed E-state index contributed by atoms with van der Waals surface area (Å²) in [7, 11) is 37.6. The van der Waals surface area contributed by atoms with Crippen LogP contribution in [0.2, 0.25) is 0 Å². The standard InChI is InChI=1S/C75H133NO41/c1-76(2)26-43(77)101-34-42-51-59(92-17)67(100-25)75(109-42)116-50-41(33-84-9)107-73(65(98-23)58(50)91-16)114-48-39(31-82-7)105-71(63(96-21)56(48)89-14)112-46-37(29-80-5)103-69(61(94-19)54(46)87-12)110-44-35(27-78-3)102-68(60(93-18)52(44)85-10)111-45-36(28-79-4)104-70(62(95-20)53(45)86-11)113-47-38(30-81-6)106-72(64(97-22)55(47)88-13)115-49-40(32-83-8)108-74(117-51)66(99-24)57(49)90-15/h35-42,44-75H,26-34H2,1-25H3/t35-,36-,37-,38-,39-,40-,41-,42-,44-,45-,46-,47-,48-,49-,50-,51-,52+,53+,54+,55+,56+,57+,58+,59+,60-,61-,62-,63-,64-,65-,66-,67-,68-,69-,70-,71-,72-,73-,74-,75-/m1/s1. The highest BCUT2D eigenvalue weighted by Crippen LogP contribution is 2.44. The van der Waals surface area contributed by atoms with Crippen molar-refractivity contribution in [3.63, 3.8) is 0 Å². The molecule has 117 heavy (non-hydrogen) atoms. The zero-order valence-electron chi connectivity index (χ0n) is 72.1. The van der Waals surface area contributed by atoms with Crippen molar-refractivity contribution in [3.8, 4) is 0 Å². The molecular weight excluding hydrogens is 1570 g/mol. The fraction of sp³-hybridized carbons (Fsp3) is 0.987. The Kier molecular flexibility index (Phi) is 40.9. The van der Waals surface area contributed by atoms with Crippen LogP contribution < -0.4 is 0 Å². The van der Waals surface area contributed by atoms with Gasteiger partial charge in [0.25, 0.3) is 0 Å². The molecule has 684 valence electrons. The molecule has 42 heteroatoms. The summed E-state index contributed by atoms with van der Waals surface area (Å²) in [4.78, 5) is 15.3. The molecule has 0 spiro atoms. The molecule has 30 fully saturated rings. The first kappa shape index (κ1) is 98.7. The van der Waals surface area contributed by atoms with Crippen LogP contribution in [0.4, 0.5) is 0 Å². The van der Waals surface area contributed by atoms with Crippen molar-refractivity contribution >= 4 is 5.97 Å².